The van der Waals surface area contributed by atoms with Crippen LogP contribution in [0.25, 0.3) is 6.08 Å². The third-order valence-corrected chi connectivity index (χ3v) is 2.34. The molecule has 0 aliphatic rings. The number of carbonyl (C=O) groups is 1. The maximum absolute atomic E-state index is 11.8. The molecular formula is C14H17NO3. The van der Waals surface area contributed by atoms with Crippen LogP contribution >= 0.6 is 0 Å². The normalized spacial score (nSPS) is 10.5. The highest BCUT2D eigenvalue weighted by Crippen LogP contribution is 2.10. The summed E-state index contributed by atoms with van der Waals surface area (Å²) in [6.07, 6.45) is 4.71. The molecule has 0 atom stereocenters. The second kappa shape index (κ2) is 7.29. The van der Waals surface area contributed by atoms with Crippen LogP contribution in [0.1, 0.15) is 5.56 Å². The summed E-state index contributed by atoms with van der Waals surface area (Å²) < 4.78 is 0. The molecule has 4 nitrogen and oxygen atoms in total. The molecule has 0 bridgehead atoms. The van der Waals surface area contributed by atoms with Gasteiger partial charge < -0.3 is 15.1 Å². The second-order valence-corrected chi connectivity index (χ2v) is 3.72. The van der Waals surface area contributed by atoms with Crippen molar-refractivity contribution in [1.29, 1.82) is 0 Å². The quantitative estimate of drug-likeness (QED) is 0.590. The van der Waals surface area contributed by atoms with Crippen molar-refractivity contribution in [2.45, 2.75) is 0 Å². The molecule has 0 saturated heterocycles. The Bertz CT molecular complexity index is 423. The van der Waals surface area contributed by atoms with Crippen LogP contribution in [0.3, 0.4) is 0 Å². The Morgan fingerprint density at radius 3 is 2.56 bits per heavy atom. The van der Waals surface area contributed by atoms with E-state index in [1.54, 1.807) is 36.4 Å². The van der Waals surface area contributed by atoms with Gasteiger partial charge in [-0.15, -0.1) is 6.58 Å². The van der Waals surface area contributed by atoms with Crippen molar-refractivity contribution in [3.63, 3.8) is 0 Å². The minimum absolute atomic E-state index is 0.0768. The Labute approximate surface area is 106 Å². The molecule has 0 unspecified atom stereocenters. The van der Waals surface area contributed by atoms with Gasteiger partial charge in [-0.25, -0.2) is 0 Å². The van der Waals surface area contributed by atoms with Crippen LogP contribution in [0.2, 0.25) is 0 Å². The molecule has 18 heavy (non-hydrogen) atoms. The number of hydrogen-bond donors (Lipinski definition) is 2. The van der Waals surface area contributed by atoms with Gasteiger partial charge in [-0.1, -0.05) is 18.2 Å². The first kappa shape index (κ1) is 14.0. The molecule has 0 aliphatic heterocycles. The zero-order valence-corrected chi connectivity index (χ0v) is 10.1. The number of carbonyl (C=O) groups excluding carboxylic acids is 1. The van der Waals surface area contributed by atoms with Crippen molar-refractivity contribution in [1.82, 2.24) is 4.90 Å². The molecule has 1 aromatic carbocycles. The molecule has 0 saturated carbocycles. The van der Waals surface area contributed by atoms with Gasteiger partial charge in [-0.3, -0.25) is 4.79 Å². The fourth-order valence-electron chi connectivity index (χ4n) is 1.43. The van der Waals surface area contributed by atoms with Crippen LogP contribution < -0.4 is 0 Å². The van der Waals surface area contributed by atoms with E-state index >= 15 is 0 Å². The van der Waals surface area contributed by atoms with Crippen molar-refractivity contribution in [3.8, 4) is 5.75 Å². The molecule has 1 aromatic rings. The number of phenols is 1. The average molecular weight is 247 g/mol. The number of benzene rings is 1. The molecular weight excluding hydrogens is 230 g/mol. The number of aliphatic hydroxyl groups excluding tert-OH is 1. The number of rotatable bonds is 6. The summed E-state index contributed by atoms with van der Waals surface area (Å²) in [5.41, 5.74) is 0.823. The van der Waals surface area contributed by atoms with E-state index in [4.69, 9.17) is 10.2 Å². The first-order chi connectivity index (χ1) is 8.67. The molecule has 96 valence electrons. The monoisotopic (exact) mass is 247 g/mol. The summed E-state index contributed by atoms with van der Waals surface area (Å²) in [7, 11) is 0. The van der Waals surface area contributed by atoms with Gasteiger partial charge in [0.15, 0.2) is 0 Å². The van der Waals surface area contributed by atoms with Crippen LogP contribution in [0.5, 0.6) is 5.75 Å². The van der Waals surface area contributed by atoms with Gasteiger partial charge >= 0.3 is 0 Å². The smallest absolute Gasteiger partial charge is 0.246 e. The first-order valence-electron chi connectivity index (χ1n) is 5.65. The van der Waals surface area contributed by atoms with Gasteiger partial charge in [0, 0.05) is 19.2 Å². The lowest BCUT2D eigenvalue weighted by molar-refractivity contribution is -0.125. The molecule has 1 rings (SSSR count). The number of aromatic hydroxyl groups is 1. The van der Waals surface area contributed by atoms with Gasteiger partial charge in [-0.2, -0.15) is 0 Å². The summed E-state index contributed by atoms with van der Waals surface area (Å²) >= 11 is 0. The van der Waals surface area contributed by atoms with Crippen LogP contribution in [0.15, 0.2) is 43.0 Å². The zero-order chi connectivity index (χ0) is 13.4. The Balaban J connectivity index is 2.66. The van der Waals surface area contributed by atoms with E-state index in [9.17, 15) is 4.79 Å². The fraction of sp³-hybridized carbons (Fsp3) is 0.214. The van der Waals surface area contributed by atoms with Crippen LogP contribution in [-0.4, -0.2) is 40.7 Å². The summed E-state index contributed by atoms with van der Waals surface area (Å²) in [6, 6.07) is 6.53. The lowest BCUT2D eigenvalue weighted by Crippen LogP contribution is -2.32. The van der Waals surface area contributed by atoms with Crippen molar-refractivity contribution in [2.24, 2.45) is 0 Å². The third-order valence-electron chi connectivity index (χ3n) is 2.34. The number of amides is 1. The van der Waals surface area contributed by atoms with Gasteiger partial charge in [0.2, 0.25) is 5.91 Å². The summed E-state index contributed by atoms with van der Waals surface area (Å²) in [4.78, 5) is 13.3. The van der Waals surface area contributed by atoms with Crippen molar-refractivity contribution < 1.29 is 15.0 Å². The molecule has 0 spiro atoms. The minimum Gasteiger partial charge on any atom is -0.508 e. The average Bonchev–Trinajstić information content (AvgIpc) is 2.37. The highest BCUT2D eigenvalue weighted by molar-refractivity contribution is 5.91. The Kier molecular flexibility index (Phi) is 5.67. The number of hydrogen-bond acceptors (Lipinski definition) is 3. The summed E-state index contributed by atoms with van der Waals surface area (Å²) in [5.74, 6) is 0.00376. The van der Waals surface area contributed by atoms with E-state index in [2.05, 4.69) is 6.58 Å². The molecule has 0 aromatic heterocycles. The molecule has 0 heterocycles. The first-order valence-corrected chi connectivity index (χ1v) is 5.65. The second-order valence-electron chi connectivity index (χ2n) is 3.72. The number of phenolic OH excluding ortho intramolecular Hbond substituents is 1. The van der Waals surface area contributed by atoms with Crippen LogP contribution in [0, 0.1) is 0 Å². The lowest BCUT2D eigenvalue weighted by Gasteiger charge is -2.17. The van der Waals surface area contributed by atoms with Crippen LogP contribution in [0.4, 0.5) is 0 Å². The van der Waals surface area contributed by atoms with Gasteiger partial charge in [0.1, 0.15) is 5.75 Å². The Hall–Kier alpha value is -2.07. The topological polar surface area (TPSA) is 60.8 Å². The van der Waals surface area contributed by atoms with Gasteiger partial charge in [0.25, 0.3) is 0 Å². The predicted molar refractivity (Wildman–Crippen MR) is 71.0 cm³/mol. The highest BCUT2D eigenvalue weighted by Gasteiger charge is 2.07. The molecule has 1 amide bonds. The van der Waals surface area contributed by atoms with Crippen molar-refractivity contribution in [3.05, 3.63) is 48.6 Å². The minimum atomic E-state index is -0.183. The Morgan fingerprint density at radius 1 is 1.33 bits per heavy atom. The van der Waals surface area contributed by atoms with Crippen molar-refractivity contribution >= 4 is 12.0 Å². The van der Waals surface area contributed by atoms with Crippen molar-refractivity contribution in [2.75, 3.05) is 19.7 Å². The summed E-state index contributed by atoms with van der Waals surface area (Å²) in [5, 5.41) is 18.0. The number of aliphatic hydroxyl groups is 1. The maximum atomic E-state index is 11.8. The van der Waals surface area contributed by atoms with Gasteiger partial charge in [0.05, 0.1) is 6.61 Å². The summed E-state index contributed by atoms with van der Waals surface area (Å²) in [6.45, 7) is 4.17. The maximum Gasteiger partial charge on any atom is 0.246 e. The molecule has 4 heteroatoms. The highest BCUT2D eigenvalue weighted by atomic mass is 16.3. The fourth-order valence-corrected chi connectivity index (χ4v) is 1.43. The Morgan fingerprint density at radius 2 is 2.00 bits per heavy atom. The number of nitrogens with zero attached hydrogens (tertiary/aromatic N) is 1. The van der Waals surface area contributed by atoms with E-state index < -0.39 is 0 Å². The van der Waals surface area contributed by atoms with E-state index in [1.165, 1.54) is 11.0 Å². The molecule has 0 aliphatic carbocycles. The van der Waals surface area contributed by atoms with E-state index in [1.807, 2.05) is 0 Å². The van der Waals surface area contributed by atoms with Gasteiger partial charge in [-0.05, 0) is 23.8 Å². The molecule has 2 N–H and O–H groups in total. The van der Waals surface area contributed by atoms with E-state index in [0.717, 1.165) is 5.56 Å². The largest absolute Gasteiger partial charge is 0.508 e. The molecule has 0 radical (unpaired) electrons. The molecule has 0 fully saturated rings. The van der Waals surface area contributed by atoms with Crippen LogP contribution in [-0.2, 0) is 4.79 Å². The van der Waals surface area contributed by atoms with E-state index in [0.29, 0.717) is 6.54 Å². The third kappa shape index (κ3) is 4.43. The zero-order valence-electron chi connectivity index (χ0n) is 10.1. The SMILES string of the molecule is C=CCN(CCO)C(=O)/C=C/c1ccc(O)cc1. The standard InChI is InChI=1S/C14H17NO3/c1-2-9-15(10-11-16)14(18)8-5-12-3-6-13(17)7-4-12/h2-8,16-17H,1,9-11H2/b8-5+. The van der Waals surface area contributed by atoms with E-state index in [-0.39, 0.29) is 24.8 Å². The lowest BCUT2D eigenvalue weighted by atomic mass is 10.2. The predicted octanol–water partition coefficient (Wildman–Crippen LogP) is 1.41.